The third-order valence-corrected chi connectivity index (χ3v) is 13.9. The molecule has 4 heterocycles. The molecule has 2 saturated heterocycles. The normalized spacial score (nSPS) is 17.6. The van der Waals surface area contributed by atoms with E-state index < -0.39 is 35.0 Å². The van der Waals surface area contributed by atoms with E-state index in [-0.39, 0.29) is 69.4 Å². The van der Waals surface area contributed by atoms with Gasteiger partial charge in [0.05, 0.1) is 41.1 Å². The van der Waals surface area contributed by atoms with Crippen LogP contribution in [0.5, 0.6) is 11.5 Å². The summed E-state index contributed by atoms with van der Waals surface area (Å²) >= 11 is 1.52. The van der Waals surface area contributed by atoms with Crippen LogP contribution in [-0.2, 0) is 30.5 Å². The van der Waals surface area contributed by atoms with Crippen LogP contribution in [0.1, 0.15) is 82.5 Å². The molecule has 372 valence electrons. The molecule has 8 rings (SSSR count). The molecule has 3 aliphatic rings. The quantitative estimate of drug-likeness (QED) is 0.0226. The molecule has 1 aliphatic carbocycles. The Labute approximate surface area is 409 Å². The average Bonchev–Trinajstić information content (AvgIpc) is 3.67. The zero-order chi connectivity index (χ0) is 49.6. The lowest BCUT2D eigenvalue weighted by Crippen LogP contribution is -2.58. The number of nitrogens with two attached hydrogens (primary N) is 2. The summed E-state index contributed by atoms with van der Waals surface area (Å²) in [7, 11) is 0. The van der Waals surface area contributed by atoms with E-state index in [4.69, 9.17) is 30.3 Å². The molecule has 0 bridgehead atoms. The maximum atomic E-state index is 14.6. The van der Waals surface area contributed by atoms with E-state index in [0.29, 0.717) is 73.7 Å². The summed E-state index contributed by atoms with van der Waals surface area (Å²) in [6.45, 7) is 9.61. The number of hydrazine groups is 1. The van der Waals surface area contributed by atoms with Crippen molar-refractivity contribution in [1.82, 2.24) is 36.1 Å². The Morgan fingerprint density at radius 1 is 1.00 bits per heavy atom. The molecule has 1 saturated carbocycles. The van der Waals surface area contributed by atoms with Gasteiger partial charge in [0, 0.05) is 55.7 Å². The molecule has 4 amide bonds. The average molecular weight is 981 g/mol. The van der Waals surface area contributed by atoms with Gasteiger partial charge >= 0.3 is 0 Å². The molecular formula is C50H61FN10O8S. The Morgan fingerprint density at radius 3 is 2.53 bits per heavy atom. The van der Waals surface area contributed by atoms with Gasteiger partial charge in [-0.25, -0.2) is 20.8 Å². The third-order valence-electron chi connectivity index (χ3n) is 12.9. The minimum atomic E-state index is -1.93. The van der Waals surface area contributed by atoms with E-state index >= 15 is 0 Å². The lowest BCUT2D eigenvalue weighted by molar-refractivity contribution is -0.144. The number of halogens is 1. The zero-order valence-corrected chi connectivity index (χ0v) is 40.7. The number of ether oxygens (including phenoxy) is 3. The second kappa shape index (κ2) is 21.6. The summed E-state index contributed by atoms with van der Waals surface area (Å²) in [4.78, 5) is 62.3. The number of amides is 4. The van der Waals surface area contributed by atoms with Crippen LogP contribution in [-0.4, -0.2) is 113 Å². The van der Waals surface area contributed by atoms with Gasteiger partial charge in [-0.3, -0.25) is 19.2 Å². The first kappa shape index (κ1) is 49.8. The topological polar surface area (TPSA) is 242 Å². The van der Waals surface area contributed by atoms with Crippen LogP contribution < -0.4 is 37.2 Å². The van der Waals surface area contributed by atoms with Crippen LogP contribution in [0.25, 0.3) is 32.7 Å². The van der Waals surface area contributed by atoms with E-state index in [1.807, 2.05) is 81.1 Å². The molecule has 3 fully saturated rings. The number of thiazole rings is 1. The third kappa shape index (κ3) is 11.7. The predicted molar refractivity (Wildman–Crippen MR) is 262 cm³/mol. The minimum absolute atomic E-state index is 0.00382. The fraction of sp³-hybridized carbons (Fsp3) is 0.460. The second-order valence-electron chi connectivity index (χ2n) is 19.0. The highest BCUT2D eigenvalue weighted by molar-refractivity contribution is 7.13. The van der Waals surface area contributed by atoms with Crippen molar-refractivity contribution < 1.29 is 42.3 Å². The molecule has 18 nitrogen and oxygen atoms in total. The summed E-state index contributed by atoms with van der Waals surface area (Å²) in [5.41, 5.74) is 12.0. The number of alkyl halides is 1. The van der Waals surface area contributed by atoms with Crippen molar-refractivity contribution in [3.8, 4) is 33.3 Å². The Kier molecular flexibility index (Phi) is 15.3. The number of hydrogen-bond acceptors (Lipinski definition) is 14. The van der Waals surface area contributed by atoms with Gasteiger partial charge in [0.15, 0.2) is 17.3 Å². The van der Waals surface area contributed by atoms with Crippen molar-refractivity contribution in [2.24, 2.45) is 22.1 Å². The fourth-order valence-corrected chi connectivity index (χ4v) is 9.57. The summed E-state index contributed by atoms with van der Waals surface area (Å²) in [5.74, 6) is 5.83. The molecule has 7 N–H and O–H groups in total. The number of piperidine rings is 1. The van der Waals surface area contributed by atoms with E-state index in [1.54, 1.807) is 17.6 Å². The SMILES string of the molecule is Cc1ncsc1-c1ccc(CNC(=O)C2CCCN2C(=O)C(NC(=O)C2(F)CC2)C(C)(C)C)c(OCCOCCC(=O)N2CCC(Oc3cccc(-c4onc5ccc(/C(N)=N/NN)cc45)c3)CC2)c1. The molecule has 2 atom stereocenters. The van der Waals surface area contributed by atoms with Crippen molar-refractivity contribution >= 4 is 51.7 Å². The number of aryl methyl sites for hydroxylation is 1. The molecule has 70 heavy (non-hydrogen) atoms. The standard InChI is InChI=1S/C50H61FN10O8S/c1-30-43(70-29-55-30)32-10-11-34(28-54-46(63)39-9-6-19-61(39)47(64)44(49(2,3)4)56-48(65)50(51)17-18-50)40(27-32)67-24-23-66-22-16-41(62)60-20-14-35(15-21-60)68-36-8-5-7-31(25-36)42-37-26-33(45(52)57-59-53)12-13-38(37)58-69-42/h5,7-8,10-13,25-27,29,35,39,44,59H,6,9,14-24,28,53H2,1-4H3,(H2,52,57)(H,54,63)(H,56,65). The van der Waals surface area contributed by atoms with Crippen LogP contribution in [0.3, 0.4) is 0 Å². The number of amidine groups is 1. The van der Waals surface area contributed by atoms with Crippen molar-refractivity contribution in [3.63, 3.8) is 0 Å². The summed E-state index contributed by atoms with van der Waals surface area (Å²) in [6.07, 6.45) is 2.84. The molecule has 0 spiro atoms. The van der Waals surface area contributed by atoms with Gasteiger partial charge in [0.2, 0.25) is 17.7 Å². The Morgan fingerprint density at radius 2 is 1.80 bits per heavy atom. The number of hydrogen-bond donors (Lipinski definition) is 5. The molecule has 0 radical (unpaired) electrons. The summed E-state index contributed by atoms with van der Waals surface area (Å²) in [5, 5.41) is 14.5. The van der Waals surface area contributed by atoms with Crippen molar-refractivity contribution in [3.05, 3.63) is 83.0 Å². The van der Waals surface area contributed by atoms with E-state index in [2.05, 4.69) is 31.4 Å². The first-order chi connectivity index (χ1) is 33.6. The molecule has 2 aromatic heterocycles. The minimum Gasteiger partial charge on any atom is -0.491 e. The van der Waals surface area contributed by atoms with E-state index in [0.717, 1.165) is 32.6 Å². The molecular weight excluding hydrogens is 920 g/mol. The summed E-state index contributed by atoms with van der Waals surface area (Å²) < 4.78 is 38.9. The molecule has 2 aliphatic heterocycles. The number of likely N-dealkylation sites (tertiary alicyclic amines) is 2. The van der Waals surface area contributed by atoms with Crippen molar-refractivity contribution in [2.75, 3.05) is 39.5 Å². The highest BCUT2D eigenvalue weighted by atomic mass is 32.1. The largest absolute Gasteiger partial charge is 0.491 e. The second-order valence-corrected chi connectivity index (χ2v) is 19.9. The lowest BCUT2D eigenvalue weighted by atomic mass is 9.85. The number of carbonyl (C=O) groups excluding carboxylic acids is 4. The number of nitrogens with zero attached hydrogens (tertiary/aromatic N) is 5. The number of carbonyl (C=O) groups is 4. The number of nitrogens with one attached hydrogen (secondary N) is 3. The molecule has 2 unspecified atom stereocenters. The van der Waals surface area contributed by atoms with Crippen LogP contribution in [0.4, 0.5) is 4.39 Å². The highest BCUT2D eigenvalue weighted by Crippen LogP contribution is 2.41. The van der Waals surface area contributed by atoms with Gasteiger partial charge in [-0.2, -0.15) is 0 Å². The number of aromatic nitrogens is 2. The van der Waals surface area contributed by atoms with Crippen molar-refractivity contribution in [2.45, 2.75) is 103 Å². The van der Waals surface area contributed by atoms with Crippen LogP contribution >= 0.6 is 11.3 Å². The predicted octanol–water partition coefficient (Wildman–Crippen LogP) is 5.51. The van der Waals surface area contributed by atoms with Gasteiger partial charge < -0.3 is 44.9 Å². The van der Waals surface area contributed by atoms with E-state index in [9.17, 15) is 23.6 Å². The maximum Gasteiger partial charge on any atom is 0.258 e. The lowest BCUT2D eigenvalue weighted by Gasteiger charge is -2.35. The van der Waals surface area contributed by atoms with Crippen molar-refractivity contribution in [1.29, 1.82) is 0 Å². The number of hydrazone groups is 1. The fourth-order valence-electron chi connectivity index (χ4n) is 8.77. The number of fused-ring (bicyclic) bond motifs is 1. The Balaban J connectivity index is 0.800. The van der Waals surface area contributed by atoms with Gasteiger partial charge in [-0.05, 0) is 80.0 Å². The van der Waals surface area contributed by atoms with Gasteiger partial charge in [0.1, 0.15) is 41.8 Å². The summed E-state index contributed by atoms with van der Waals surface area (Å²) in [6, 6.07) is 17.1. The molecule has 5 aromatic rings. The first-order valence-electron chi connectivity index (χ1n) is 23.7. The van der Waals surface area contributed by atoms with Gasteiger partial charge in [0.25, 0.3) is 5.91 Å². The number of benzene rings is 3. The van der Waals surface area contributed by atoms with Crippen LogP contribution in [0, 0.1) is 12.3 Å². The number of rotatable bonds is 19. The monoisotopic (exact) mass is 980 g/mol. The smallest absolute Gasteiger partial charge is 0.258 e. The highest BCUT2D eigenvalue weighted by Gasteiger charge is 2.53. The van der Waals surface area contributed by atoms with Crippen LogP contribution in [0.2, 0.25) is 0 Å². The van der Waals surface area contributed by atoms with E-state index in [1.165, 1.54) is 16.2 Å². The van der Waals surface area contributed by atoms with Crippen LogP contribution in [0.15, 0.2) is 75.8 Å². The Hall–Kier alpha value is -6.64. The van der Waals surface area contributed by atoms with Gasteiger partial charge in [-0.15, -0.1) is 16.4 Å². The Bertz CT molecular complexity index is 2730. The maximum absolute atomic E-state index is 14.6. The molecule has 3 aromatic carbocycles. The molecule has 20 heteroatoms. The zero-order valence-electron chi connectivity index (χ0n) is 39.9. The van der Waals surface area contributed by atoms with Gasteiger partial charge in [-0.1, -0.05) is 50.2 Å². The first-order valence-corrected chi connectivity index (χ1v) is 24.6.